The van der Waals surface area contributed by atoms with Gasteiger partial charge in [-0.1, -0.05) is 19.8 Å². The van der Waals surface area contributed by atoms with Gasteiger partial charge < -0.3 is 14.6 Å². The molecule has 1 aromatic heterocycles. The van der Waals surface area contributed by atoms with Crippen LogP contribution in [0, 0.1) is 6.92 Å². The number of aryl methyl sites for hydroxylation is 1. The first-order chi connectivity index (χ1) is 10.9. The molecular weight excluding hydrogens is 300 g/mol. The molecule has 7 heteroatoms. The van der Waals surface area contributed by atoms with Crippen LogP contribution in [0.4, 0.5) is 0 Å². The smallest absolute Gasteiger partial charge is 0.330 e. The van der Waals surface area contributed by atoms with Gasteiger partial charge in [-0.2, -0.15) is 0 Å². The second-order valence-corrected chi connectivity index (χ2v) is 6.96. The SMILES string of the molecule is CC[C@@]12O[C@@H](n3cc(C)c(=O)[nH]c3=O)[C@@H](OC13CCCC3)C2O. The van der Waals surface area contributed by atoms with Crippen LogP contribution in [0.25, 0.3) is 0 Å². The zero-order valence-electron chi connectivity index (χ0n) is 13.4. The van der Waals surface area contributed by atoms with Crippen LogP contribution in [0.5, 0.6) is 0 Å². The molecule has 3 fully saturated rings. The van der Waals surface area contributed by atoms with Gasteiger partial charge in [0.15, 0.2) is 6.23 Å². The fourth-order valence-electron chi connectivity index (χ4n) is 4.73. The predicted octanol–water partition coefficient (Wildman–Crippen LogP) is 0.595. The summed E-state index contributed by atoms with van der Waals surface area (Å²) >= 11 is 0. The van der Waals surface area contributed by atoms with E-state index in [1.807, 2.05) is 6.92 Å². The molecule has 7 nitrogen and oxygen atoms in total. The third kappa shape index (κ3) is 1.75. The Hall–Kier alpha value is -1.44. The Kier molecular flexibility index (Phi) is 3.14. The van der Waals surface area contributed by atoms with E-state index in [0.29, 0.717) is 12.0 Å². The van der Waals surface area contributed by atoms with E-state index in [4.69, 9.17) is 9.47 Å². The minimum Gasteiger partial charge on any atom is -0.387 e. The van der Waals surface area contributed by atoms with E-state index in [1.54, 1.807) is 6.92 Å². The van der Waals surface area contributed by atoms with E-state index in [1.165, 1.54) is 10.8 Å². The predicted molar refractivity (Wildman–Crippen MR) is 81.3 cm³/mol. The van der Waals surface area contributed by atoms with Crippen LogP contribution in [0.15, 0.2) is 15.8 Å². The van der Waals surface area contributed by atoms with Crippen LogP contribution in [0.1, 0.15) is 50.8 Å². The number of aromatic nitrogens is 2. The van der Waals surface area contributed by atoms with Crippen molar-refractivity contribution in [1.29, 1.82) is 0 Å². The number of rotatable bonds is 2. The van der Waals surface area contributed by atoms with Crippen molar-refractivity contribution in [2.24, 2.45) is 0 Å². The van der Waals surface area contributed by atoms with Crippen molar-refractivity contribution in [2.45, 2.75) is 75.6 Å². The summed E-state index contributed by atoms with van der Waals surface area (Å²) in [7, 11) is 0. The third-order valence-electron chi connectivity index (χ3n) is 5.89. The fraction of sp³-hybridized carbons (Fsp3) is 0.750. The fourth-order valence-corrected chi connectivity index (χ4v) is 4.73. The van der Waals surface area contributed by atoms with Crippen LogP contribution in [-0.4, -0.2) is 38.1 Å². The largest absolute Gasteiger partial charge is 0.387 e. The molecule has 3 aliphatic rings. The second-order valence-electron chi connectivity index (χ2n) is 6.96. The molecule has 1 spiro atoms. The lowest BCUT2D eigenvalue weighted by Gasteiger charge is -2.45. The molecule has 3 heterocycles. The maximum absolute atomic E-state index is 12.2. The Balaban J connectivity index is 1.78. The first-order valence-corrected chi connectivity index (χ1v) is 8.30. The number of H-pyrrole nitrogens is 1. The van der Waals surface area contributed by atoms with Gasteiger partial charge in [0.1, 0.15) is 23.4 Å². The zero-order valence-corrected chi connectivity index (χ0v) is 13.4. The summed E-state index contributed by atoms with van der Waals surface area (Å²) in [5.41, 5.74) is -1.74. The first-order valence-electron chi connectivity index (χ1n) is 8.30. The van der Waals surface area contributed by atoms with Crippen molar-refractivity contribution in [2.75, 3.05) is 0 Å². The highest BCUT2D eigenvalue weighted by atomic mass is 16.7. The number of hydrogen-bond acceptors (Lipinski definition) is 5. The minimum atomic E-state index is -0.775. The number of aromatic amines is 1. The molecule has 0 aromatic carbocycles. The molecule has 23 heavy (non-hydrogen) atoms. The summed E-state index contributed by atoms with van der Waals surface area (Å²) in [6.45, 7) is 3.62. The van der Waals surface area contributed by atoms with Crippen molar-refractivity contribution < 1.29 is 14.6 Å². The standard InChI is InChI=1S/C16H22N2O5/c1-3-16-11(19)10(22-15(16)6-4-5-7-15)13(23-16)18-8-9(2)12(20)17-14(18)21/h8,10-11,13,19H,3-7H2,1-2H3,(H,17,20,21)/t10-,11?,13+,16-/m0/s1. The van der Waals surface area contributed by atoms with Crippen LogP contribution >= 0.6 is 0 Å². The van der Waals surface area contributed by atoms with Crippen LogP contribution in [0.2, 0.25) is 0 Å². The van der Waals surface area contributed by atoms with E-state index < -0.39 is 40.9 Å². The van der Waals surface area contributed by atoms with Crippen molar-refractivity contribution in [3.63, 3.8) is 0 Å². The van der Waals surface area contributed by atoms with Crippen LogP contribution < -0.4 is 11.2 Å². The Labute approximate surface area is 133 Å². The van der Waals surface area contributed by atoms with E-state index in [9.17, 15) is 14.7 Å². The molecule has 1 aromatic rings. The molecule has 0 amide bonds. The van der Waals surface area contributed by atoms with Gasteiger partial charge in [0.25, 0.3) is 5.56 Å². The summed E-state index contributed by atoms with van der Waals surface area (Å²) in [5.74, 6) is 0. The molecule has 2 aliphatic heterocycles. The summed E-state index contributed by atoms with van der Waals surface area (Å²) in [4.78, 5) is 26.0. The van der Waals surface area contributed by atoms with E-state index in [0.717, 1.165) is 25.7 Å². The molecule has 0 radical (unpaired) electrons. The summed E-state index contributed by atoms with van der Waals surface area (Å²) in [6, 6.07) is 0. The first kappa shape index (κ1) is 15.1. The third-order valence-corrected chi connectivity index (χ3v) is 5.89. The summed E-state index contributed by atoms with van der Waals surface area (Å²) in [5, 5.41) is 10.8. The Morgan fingerprint density at radius 2 is 2.04 bits per heavy atom. The highest BCUT2D eigenvalue weighted by Crippen LogP contribution is 2.60. The van der Waals surface area contributed by atoms with Gasteiger partial charge >= 0.3 is 5.69 Å². The van der Waals surface area contributed by atoms with Gasteiger partial charge in [-0.15, -0.1) is 0 Å². The van der Waals surface area contributed by atoms with Crippen molar-refractivity contribution >= 4 is 0 Å². The number of aliphatic hydroxyl groups is 1. The lowest BCUT2D eigenvalue weighted by atomic mass is 9.78. The highest BCUT2D eigenvalue weighted by Gasteiger charge is 2.73. The monoisotopic (exact) mass is 322 g/mol. The van der Waals surface area contributed by atoms with Gasteiger partial charge in [0.05, 0.1) is 0 Å². The van der Waals surface area contributed by atoms with Gasteiger partial charge in [-0.3, -0.25) is 14.3 Å². The maximum atomic E-state index is 12.2. The molecular formula is C16H22N2O5. The molecule has 2 saturated heterocycles. The van der Waals surface area contributed by atoms with Crippen molar-refractivity contribution in [3.05, 3.63) is 32.6 Å². The van der Waals surface area contributed by atoms with Gasteiger partial charge in [0.2, 0.25) is 0 Å². The van der Waals surface area contributed by atoms with Gasteiger partial charge in [-0.05, 0) is 26.2 Å². The normalized spacial score (nSPS) is 37.8. The molecule has 4 rings (SSSR count). The summed E-state index contributed by atoms with van der Waals surface area (Å²) < 4.78 is 13.9. The maximum Gasteiger partial charge on any atom is 0.330 e. The Bertz CT molecular complexity index is 748. The number of hydrogen-bond donors (Lipinski definition) is 2. The number of aliphatic hydroxyl groups excluding tert-OH is 1. The molecule has 2 N–H and O–H groups in total. The lowest BCUT2D eigenvalue weighted by Crippen LogP contribution is -2.56. The highest BCUT2D eigenvalue weighted by molar-refractivity contribution is 5.20. The van der Waals surface area contributed by atoms with E-state index in [2.05, 4.69) is 4.98 Å². The van der Waals surface area contributed by atoms with Gasteiger partial charge in [0, 0.05) is 11.8 Å². The second kappa shape index (κ2) is 4.78. The Morgan fingerprint density at radius 1 is 1.35 bits per heavy atom. The van der Waals surface area contributed by atoms with Crippen LogP contribution in [0.3, 0.4) is 0 Å². The minimum absolute atomic E-state index is 0.409. The number of ether oxygens (including phenoxy) is 2. The van der Waals surface area contributed by atoms with Gasteiger partial charge in [-0.25, -0.2) is 4.79 Å². The molecule has 1 saturated carbocycles. The topological polar surface area (TPSA) is 93.6 Å². The number of fused-ring (bicyclic) bond motifs is 3. The molecule has 2 bridgehead atoms. The zero-order chi connectivity index (χ0) is 16.4. The van der Waals surface area contributed by atoms with Crippen LogP contribution in [-0.2, 0) is 9.47 Å². The Morgan fingerprint density at radius 3 is 2.70 bits per heavy atom. The average Bonchev–Trinajstić information content (AvgIpc) is 3.16. The molecule has 4 atom stereocenters. The number of nitrogens with one attached hydrogen (secondary N) is 1. The molecule has 1 aliphatic carbocycles. The lowest BCUT2D eigenvalue weighted by molar-refractivity contribution is -0.260. The quantitative estimate of drug-likeness (QED) is 0.831. The van der Waals surface area contributed by atoms with Crippen molar-refractivity contribution in [3.8, 4) is 0 Å². The summed E-state index contributed by atoms with van der Waals surface area (Å²) in [6.07, 6.45) is 3.91. The van der Waals surface area contributed by atoms with E-state index >= 15 is 0 Å². The number of nitrogens with zero attached hydrogens (tertiary/aromatic N) is 1. The van der Waals surface area contributed by atoms with Crippen molar-refractivity contribution in [1.82, 2.24) is 9.55 Å². The van der Waals surface area contributed by atoms with E-state index in [-0.39, 0.29) is 0 Å². The molecule has 126 valence electrons. The average molecular weight is 322 g/mol. The molecule has 1 unspecified atom stereocenters.